The molecule has 0 aliphatic rings. The van der Waals surface area contributed by atoms with E-state index in [4.69, 9.17) is 0 Å². The Morgan fingerprint density at radius 2 is 0.929 bits per heavy atom. The van der Waals surface area contributed by atoms with Crippen molar-refractivity contribution < 1.29 is 65.2 Å². The fraction of sp³-hybridized carbons (Fsp3) is 1.00. The van der Waals surface area contributed by atoms with Crippen LogP contribution in [0.1, 0.15) is 13.3 Å². The summed E-state index contributed by atoms with van der Waals surface area (Å²) in [4.78, 5) is 0. The minimum Gasteiger partial charge on any atom is -0.425 e. The minimum atomic E-state index is -7.62. The molecule has 0 rings (SSSR count). The zero-order chi connectivity index (χ0) is 23.6. The number of hydrogen-bond donors (Lipinski definition) is 0. The predicted octanol–water partition coefficient (Wildman–Crippen LogP) is 3.43. The van der Waals surface area contributed by atoms with E-state index in [1.165, 1.54) is 13.0 Å². The molecular formula is C10H16F10N2O4S2. The minimum absolute atomic E-state index is 0.422. The Hall–Kier alpha value is -0.880. The first kappa shape index (κ1) is 29.3. The van der Waals surface area contributed by atoms with E-state index in [1.807, 2.05) is 0 Å². The van der Waals surface area contributed by atoms with Crippen LogP contribution in [0.15, 0.2) is 0 Å². The van der Waals surface area contributed by atoms with Crippen molar-refractivity contribution in [2.45, 2.75) is 36.2 Å². The molecule has 0 amide bonds. The van der Waals surface area contributed by atoms with Gasteiger partial charge in [0.1, 0.15) is 0 Å². The Morgan fingerprint density at radius 1 is 0.679 bits per heavy atom. The second-order valence-corrected chi connectivity index (χ2v) is 9.59. The molecular weight excluding hydrogens is 466 g/mol. The largest absolute Gasteiger partial charge is 0.467 e. The van der Waals surface area contributed by atoms with E-state index in [1.54, 1.807) is 0 Å². The van der Waals surface area contributed by atoms with Gasteiger partial charge in [-0.2, -0.15) is 43.9 Å². The summed E-state index contributed by atoms with van der Waals surface area (Å²) in [5, 5.41) is -14.0. The van der Waals surface area contributed by atoms with Crippen LogP contribution in [0.2, 0.25) is 0 Å². The average molecular weight is 482 g/mol. The molecule has 6 nitrogen and oxygen atoms in total. The molecule has 0 heterocycles. The van der Waals surface area contributed by atoms with Crippen LogP contribution in [0, 0.1) is 0 Å². The van der Waals surface area contributed by atoms with Gasteiger partial charge in [-0.1, -0.05) is 6.92 Å². The molecule has 0 atom stereocenters. The van der Waals surface area contributed by atoms with E-state index in [-0.39, 0.29) is 0 Å². The Balaban J connectivity index is 0. The summed E-state index contributed by atoms with van der Waals surface area (Å²) >= 11 is 0. The van der Waals surface area contributed by atoms with Crippen molar-refractivity contribution in [2.75, 3.05) is 27.7 Å². The third kappa shape index (κ3) is 7.18. The van der Waals surface area contributed by atoms with Crippen molar-refractivity contribution in [2.24, 2.45) is 0 Å². The quantitative estimate of drug-likeness (QED) is 0.429. The third-order valence-electron chi connectivity index (χ3n) is 2.40. The van der Waals surface area contributed by atoms with Crippen LogP contribution >= 0.6 is 0 Å². The summed E-state index contributed by atoms with van der Waals surface area (Å²) < 4.78 is 162. The van der Waals surface area contributed by atoms with Crippen LogP contribution in [0.25, 0.3) is 4.13 Å². The Labute approximate surface area is 154 Å². The summed E-state index contributed by atoms with van der Waals surface area (Å²) in [5.74, 6) is 0. The summed E-state index contributed by atoms with van der Waals surface area (Å²) in [5.41, 5.74) is 0. The highest BCUT2D eigenvalue weighted by Gasteiger charge is 2.68. The lowest BCUT2D eigenvalue weighted by Crippen LogP contribution is -2.48. The maximum atomic E-state index is 12.3. The van der Waals surface area contributed by atoms with Crippen LogP contribution in [0.4, 0.5) is 43.9 Å². The number of rotatable bonds is 6. The Morgan fingerprint density at radius 3 is 1.04 bits per heavy atom. The molecule has 0 N–H and O–H groups in total. The lowest BCUT2D eigenvalue weighted by atomic mass is 10.4. The zero-order valence-electron chi connectivity index (χ0n) is 14.5. The molecule has 0 aromatic heterocycles. The second kappa shape index (κ2) is 8.47. The van der Waals surface area contributed by atoms with E-state index in [9.17, 15) is 60.7 Å². The molecule has 0 spiro atoms. The molecule has 0 aliphatic heterocycles. The van der Waals surface area contributed by atoms with Crippen molar-refractivity contribution >= 4 is 20.0 Å². The normalized spacial score (nSPS) is 15.1. The average Bonchev–Trinajstić information content (AvgIpc) is 2.33. The maximum Gasteiger partial charge on any atom is 0.467 e. The van der Waals surface area contributed by atoms with Crippen molar-refractivity contribution in [1.82, 2.24) is 0 Å². The van der Waals surface area contributed by atoms with Crippen LogP contribution in [0.3, 0.4) is 0 Å². The van der Waals surface area contributed by atoms with Crippen molar-refractivity contribution in [1.29, 1.82) is 0 Å². The molecule has 0 saturated carbocycles. The van der Waals surface area contributed by atoms with E-state index in [0.717, 1.165) is 4.48 Å². The number of nitrogens with zero attached hydrogens (tertiary/aromatic N) is 2. The molecule has 0 aliphatic carbocycles. The van der Waals surface area contributed by atoms with Gasteiger partial charge in [0, 0.05) is 0 Å². The number of hydrogen-bond acceptors (Lipinski definition) is 4. The van der Waals surface area contributed by atoms with E-state index in [0.29, 0.717) is 4.13 Å². The molecule has 0 saturated heterocycles. The van der Waals surface area contributed by atoms with Crippen LogP contribution < -0.4 is 0 Å². The van der Waals surface area contributed by atoms with E-state index in [2.05, 4.69) is 28.1 Å². The smallest absolute Gasteiger partial charge is 0.425 e. The molecule has 0 bridgehead atoms. The standard InChI is InChI=1S/C6H16N.C4F10NO4S2/c1-5-6-7(2,3)4;5-1(6,7)3(11,12)20(16,17)15-21(18,19)4(13,14)2(8,9)10/h5-6H2,1-4H3;/q+1;-1. The van der Waals surface area contributed by atoms with E-state index < -0.39 is 42.9 Å². The van der Waals surface area contributed by atoms with Crippen molar-refractivity contribution in [3.63, 3.8) is 0 Å². The first-order valence-electron chi connectivity index (χ1n) is 6.69. The van der Waals surface area contributed by atoms with Gasteiger partial charge >= 0.3 is 22.9 Å². The summed E-state index contributed by atoms with van der Waals surface area (Å²) in [6, 6.07) is 0. The van der Waals surface area contributed by atoms with Crippen molar-refractivity contribution in [3.8, 4) is 0 Å². The highest BCUT2D eigenvalue weighted by Crippen LogP contribution is 2.47. The summed E-state index contributed by atoms with van der Waals surface area (Å²) in [6.07, 6.45) is -12.7. The van der Waals surface area contributed by atoms with Crippen molar-refractivity contribution in [3.05, 3.63) is 4.13 Å². The van der Waals surface area contributed by atoms with Gasteiger partial charge in [-0.3, -0.25) is 0 Å². The molecule has 0 unspecified atom stereocenters. The summed E-state index contributed by atoms with van der Waals surface area (Å²) in [6.45, 7) is 3.49. The lowest BCUT2D eigenvalue weighted by molar-refractivity contribution is -0.870. The van der Waals surface area contributed by atoms with Crippen LogP contribution in [-0.2, 0) is 20.0 Å². The highest BCUT2D eigenvalue weighted by molar-refractivity contribution is 8.13. The van der Waals surface area contributed by atoms with Gasteiger partial charge in [0.25, 0.3) is 0 Å². The molecule has 28 heavy (non-hydrogen) atoms. The second-order valence-electron chi connectivity index (χ2n) is 6.07. The van der Waals surface area contributed by atoms with Gasteiger partial charge < -0.3 is 8.61 Å². The fourth-order valence-corrected chi connectivity index (χ4v) is 3.55. The van der Waals surface area contributed by atoms with Gasteiger partial charge in [-0.25, -0.2) is 16.8 Å². The SMILES string of the molecule is CCC[N+](C)(C)C.O=S(=O)([N-]S(=O)(=O)C(F)(F)C(F)(F)F)C(F)(F)C(F)(F)F. The molecule has 0 aromatic rings. The predicted molar refractivity (Wildman–Crippen MR) is 76.4 cm³/mol. The van der Waals surface area contributed by atoms with Gasteiger partial charge in [-0.05, 0) is 6.42 Å². The Kier molecular flexibility index (Phi) is 8.87. The fourth-order valence-electron chi connectivity index (χ4n) is 1.19. The van der Waals surface area contributed by atoms with Gasteiger partial charge in [0.15, 0.2) is 20.0 Å². The highest BCUT2D eigenvalue weighted by atomic mass is 32.3. The first-order valence-corrected chi connectivity index (χ1v) is 9.57. The molecule has 172 valence electrons. The number of quaternary nitrogens is 1. The van der Waals surface area contributed by atoms with Gasteiger partial charge in [0.05, 0.1) is 27.7 Å². The van der Waals surface area contributed by atoms with Gasteiger partial charge in [-0.15, -0.1) is 0 Å². The number of halogens is 10. The van der Waals surface area contributed by atoms with Crippen LogP contribution in [-0.4, -0.2) is 71.9 Å². The maximum absolute atomic E-state index is 12.3. The van der Waals surface area contributed by atoms with E-state index >= 15 is 0 Å². The molecule has 18 heteroatoms. The number of sulfonamides is 2. The molecule has 0 radical (unpaired) electrons. The first-order chi connectivity index (χ1) is 11.8. The van der Waals surface area contributed by atoms with Gasteiger partial charge in [0.2, 0.25) is 0 Å². The topological polar surface area (TPSA) is 82.4 Å². The monoisotopic (exact) mass is 482 g/mol. The molecule has 0 aromatic carbocycles. The Bertz CT molecular complexity index is 667. The zero-order valence-corrected chi connectivity index (χ0v) is 16.2. The number of alkyl halides is 10. The van der Waals surface area contributed by atoms with Crippen LogP contribution in [0.5, 0.6) is 0 Å². The molecule has 0 fully saturated rings. The third-order valence-corrected chi connectivity index (χ3v) is 5.73. The summed E-state index contributed by atoms with van der Waals surface area (Å²) in [7, 11) is -8.60. The lowest BCUT2D eigenvalue weighted by Gasteiger charge is -2.31.